The van der Waals surface area contributed by atoms with Crippen LogP contribution in [0.3, 0.4) is 0 Å². The Morgan fingerprint density at radius 1 is 1.33 bits per heavy atom. The average Bonchev–Trinajstić information content (AvgIpc) is 2.40. The molecular formula is C13H16BrN3O4. The monoisotopic (exact) mass is 357 g/mol. The van der Waals surface area contributed by atoms with Crippen molar-refractivity contribution in [2.75, 3.05) is 25.5 Å². The van der Waals surface area contributed by atoms with Crippen molar-refractivity contribution in [1.82, 2.24) is 10.2 Å². The number of likely N-dealkylation sites (N-methyl/N-ethyl adjacent to an activating group) is 2. The quantitative estimate of drug-likeness (QED) is 0.747. The van der Waals surface area contributed by atoms with Crippen molar-refractivity contribution in [3.05, 3.63) is 28.2 Å². The van der Waals surface area contributed by atoms with Gasteiger partial charge in [0.1, 0.15) is 6.54 Å². The molecule has 114 valence electrons. The number of aromatic carboxylic acids is 1. The number of hydrogen-bond donors (Lipinski definition) is 3. The molecule has 0 unspecified atom stereocenters. The molecule has 0 atom stereocenters. The molecule has 7 nitrogen and oxygen atoms in total. The fraction of sp³-hybridized carbons (Fsp3) is 0.308. The summed E-state index contributed by atoms with van der Waals surface area (Å²) >= 11 is 3.12. The van der Waals surface area contributed by atoms with Crippen molar-refractivity contribution in [3.63, 3.8) is 0 Å². The van der Waals surface area contributed by atoms with E-state index < -0.39 is 12.0 Å². The summed E-state index contributed by atoms with van der Waals surface area (Å²) in [6, 6.07) is 3.93. The largest absolute Gasteiger partial charge is 0.478 e. The van der Waals surface area contributed by atoms with Crippen LogP contribution in [0.4, 0.5) is 10.5 Å². The molecule has 0 fully saturated rings. The molecule has 3 amide bonds. The van der Waals surface area contributed by atoms with E-state index in [1.54, 1.807) is 13.0 Å². The number of carbonyl (C=O) groups excluding carboxylic acids is 2. The van der Waals surface area contributed by atoms with E-state index in [1.165, 1.54) is 24.1 Å². The number of hydrogen-bond acceptors (Lipinski definition) is 3. The van der Waals surface area contributed by atoms with Crippen LogP contribution in [0.25, 0.3) is 0 Å². The second-order valence-corrected chi connectivity index (χ2v) is 5.09. The molecule has 0 bridgehead atoms. The van der Waals surface area contributed by atoms with E-state index in [9.17, 15) is 14.4 Å². The summed E-state index contributed by atoms with van der Waals surface area (Å²) in [5.41, 5.74) is 0.377. The van der Waals surface area contributed by atoms with Crippen LogP contribution in [0.15, 0.2) is 22.7 Å². The van der Waals surface area contributed by atoms with Crippen molar-refractivity contribution in [2.45, 2.75) is 6.92 Å². The normalized spacial score (nSPS) is 9.86. The molecule has 0 spiro atoms. The minimum absolute atomic E-state index is 0.0409. The fourth-order valence-electron chi connectivity index (χ4n) is 1.53. The molecular weight excluding hydrogens is 342 g/mol. The Hall–Kier alpha value is -2.09. The molecule has 0 aliphatic heterocycles. The number of nitrogens with zero attached hydrogens (tertiary/aromatic N) is 1. The molecule has 1 rings (SSSR count). The van der Waals surface area contributed by atoms with Gasteiger partial charge < -0.3 is 20.6 Å². The fourth-order valence-corrected chi connectivity index (χ4v) is 1.94. The van der Waals surface area contributed by atoms with Gasteiger partial charge in [-0.05, 0) is 41.1 Å². The molecule has 0 aliphatic rings. The average molecular weight is 358 g/mol. The van der Waals surface area contributed by atoms with Crippen LogP contribution in [0.1, 0.15) is 17.3 Å². The third kappa shape index (κ3) is 5.07. The molecule has 0 aliphatic carbocycles. The number of rotatable bonds is 5. The highest BCUT2D eigenvalue weighted by Crippen LogP contribution is 2.21. The topological polar surface area (TPSA) is 98.7 Å². The lowest BCUT2D eigenvalue weighted by Crippen LogP contribution is -2.40. The maximum Gasteiger partial charge on any atom is 0.336 e. The second-order valence-electron chi connectivity index (χ2n) is 4.24. The first kappa shape index (κ1) is 17.0. The number of halogens is 1. The summed E-state index contributed by atoms with van der Waals surface area (Å²) in [4.78, 5) is 35.5. The van der Waals surface area contributed by atoms with Crippen LogP contribution < -0.4 is 10.6 Å². The van der Waals surface area contributed by atoms with Crippen LogP contribution in [0.5, 0.6) is 0 Å². The summed E-state index contributed by atoms with van der Waals surface area (Å²) in [5.74, 6) is -1.37. The predicted molar refractivity (Wildman–Crippen MR) is 81.4 cm³/mol. The van der Waals surface area contributed by atoms with E-state index in [-0.39, 0.29) is 18.0 Å². The number of urea groups is 1. The van der Waals surface area contributed by atoms with E-state index >= 15 is 0 Å². The van der Waals surface area contributed by atoms with E-state index in [1.807, 2.05) is 0 Å². The summed E-state index contributed by atoms with van der Waals surface area (Å²) in [6.07, 6.45) is 0. The summed E-state index contributed by atoms with van der Waals surface area (Å²) in [7, 11) is 1.47. The zero-order chi connectivity index (χ0) is 16.0. The van der Waals surface area contributed by atoms with Crippen molar-refractivity contribution in [3.8, 4) is 0 Å². The van der Waals surface area contributed by atoms with Gasteiger partial charge in [0.05, 0.1) is 5.56 Å². The summed E-state index contributed by atoms with van der Waals surface area (Å²) in [6.45, 7) is 2.19. The van der Waals surface area contributed by atoms with Crippen LogP contribution in [-0.4, -0.2) is 48.1 Å². The highest BCUT2D eigenvalue weighted by atomic mass is 79.9. The Bertz CT molecular complexity index is 562. The minimum atomic E-state index is -1.10. The lowest BCUT2D eigenvalue weighted by atomic mass is 10.2. The van der Waals surface area contributed by atoms with E-state index in [4.69, 9.17) is 5.11 Å². The third-order valence-corrected chi connectivity index (χ3v) is 3.24. The molecule has 0 saturated heterocycles. The van der Waals surface area contributed by atoms with Gasteiger partial charge in [-0.2, -0.15) is 0 Å². The van der Waals surface area contributed by atoms with Gasteiger partial charge in [-0.25, -0.2) is 9.59 Å². The van der Waals surface area contributed by atoms with Crippen molar-refractivity contribution < 1.29 is 19.5 Å². The summed E-state index contributed by atoms with van der Waals surface area (Å²) in [5, 5.41) is 14.1. The van der Waals surface area contributed by atoms with Gasteiger partial charge >= 0.3 is 12.0 Å². The first-order valence-corrected chi connectivity index (χ1v) is 6.96. The molecule has 8 heteroatoms. The van der Waals surface area contributed by atoms with Gasteiger partial charge in [-0.1, -0.05) is 0 Å². The Balaban J connectivity index is 2.72. The van der Waals surface area contributed by atoms with Crippen LogP contribution >= 0.6 is 15.9 Å². The standard InChI is InChI=1S/C13H16BrN3O4/c1-3-15-11(18)7-17(2)13(21)16-8-4-5-10(14)9(6-8)12(19)20/h4-6H,3,7H2,1-2H3,(H,15,18)(H,16,21)(H,19,20). The first-order valence-electron chi connectivity index (χ1n) is 6.16. The molecule has 0 heterocycles. The van der Waals surface area contributed by atoms with Crippen molar-refractivity contribution >= 4 is 39.5 Å². The number of carbonyl (C=O) groups is 3. The van der Waals surface area contributed by atoms with Crippen LogP contribution in [0.2, 0.25) is 0 Å². The van der Waals surface area contributed by atoms with Gasteiger partial charge in [0, 0.05) is 23.8 Å². The number of amides is 3. The maximum absolute atomic E-state index is 11.9. The van der Waals surface area contributed by atoms with Gasteiger partial charge in [0.15, 0.2) is 0 Å². The number of anilines is 1. The minimum Gasteiger partial charge on any atom is -0.478 e. The van der Waals surface area contributed by atoms with E-state index in [0.29, 0.717) is 16.7 Å². The SMILES string of the molecule is CCNC(=O)CN(C)C(=O)Nc1ccc(Br)c(C(=O)O)c1. The van der Waals surface area contributed by atoms with Crippen LogP contribution in [-0.2, 0) is 4.79 Å². The highest BCUT2D eigenvalue weighted by Gasteiger charge is 2.14. The Kier molecular flexibility index (Phi) is 6.16. The smallest absolute Gasteiger partial charge is 0.336 e. The highest BCUT2D eigenvalue weighted by molar-refractivity contribution is 9.10. The van der Waals surface area contributed by atoms with Crippen LogP contribution in [0, 0.1) is 0 Å². The molecule has 1 aromatic carbocycles. The molecule has 0 saturated carbocycles. The van der Waals surface area contributed by atoms with E-state index in [0.717, 1.165) is 0 Å². The first-order chi connectivity index (χ1) is 9.85. The zero-order valence-corrected chi connectivity index (χ0v) is 13.2. The Labute approximate surface area is 130 Å². The molecule has 0 radical (unpaired) electrons. The number of carboxylic acid groups (broad SMARTS) is 1. The number of carboxylic acids is 1. The molecule has 1 aromatic rings. The third-order valence-electron chi connectivity index (χ3n) is 2.55. The van der Waals surface area contributed by atoms with Gasteiger partial charge in [0.25, 0.3) is 0 Å². The Morgan fingerprint density at radius 2 is 2.00 bits per heavy atom. The predicted octanol–water partition coefficient (Wildman–Crippen LogP) is 1.75. The Morgan fingerprint density at radius 3 is 2.57 bits per heavy atom. The summed E-state index contributed by atoms with van der Waals surface area (Å²) < 4.78 is 0.420. The van der Waals surface area contributed by atoms with Gasteiger partial charge in [0.2, 0.25) is 5.91 Å². The van der Waals surface area contributed by atoms with Crippen molar-refractivity contribution in [1.29, 1.82) is 0 Å². The maximum atomic E-state index is 11.9. The molecule has 0 aromatic heterocycles. The number of nitrogens with one attached hydrogen (secondary N) is 2. The molecule has 21 heavy (non-hydrogen) atoms. The van der Waals surface area contributed by atoms with Gasteiger partial charge in [-0.15, -0.1) is 0 Å². The van der Waals surface area contributed by atoms with Crippen molar-refractivity contribution in [2.24, 2.45) is 0 Å². The second kappa shape index (κ2) is 7.63. The van der Waals surface area contributed by atoms with Gasteiger partial charge in [-0.3, -0.25) is 4.79 Å². The lowest BCUT2D eigenvalue weighted by molar-refractivity contribution is -0.121. The molecule has 3 N–H and O–H groups in total. The zero-order valence-electron chi connectivity index (χ0n) is 11.6. The number of benzene rings is 1. The lowest BCUT2D eigenvalue weighted by Gasteiger charge is -2.17. The van der Waals surface area contributed by atoms with E-state index in [2.05, 4.69) is 26.6 Å².